The predicted octanol–water partition coefficient (Wildman–Crippen LogP) is 5.24. The topological polar surface area (TPSA) is 69.4 Å². The van der Waals surface area contributed by atoms with Crippen molar-refractivity contribution in [2.24, 2.45) is 5.14 Å². The van der Waals surface area contributed by atoms with E-state index in [2.05, 4.69) is 0 Å². The van der Waals surface area contributed by atoms with Crippen molar-refractivity contribution in [2.45, 2.75) is 22.3 Å². The van der Waals surface area contributed by atoms with E-state index in [4.69, 9.17) is 9.88 Å². The fourth-order valence-corrected chi connectivity index (χ4v) is 4.88. The van der Waals surface area contributed by atoms with Gasteiger partial charge >= 0.3 is 5.51 Å². The van der Waals surface area contributed by atoms with E-state index in [9.17, 15) is 21.6 Å². The Labute approximate surface area is 175 Å². The van der Waals surface area contributed by atoms with Crippen LogP contribution in [0.1, 0.15) is 22.8 Å². The van der Waals surface area contributed by atoms with Gasteiger partial charge in [-0.2, -0.15) is 13.2 Å². The maximum absolute atomic E-state index is 13.1. The van der Waals surface area contributed by atoms with Gasteiger partial charge in [0.2, 0.25) is 10.0 Å². The van der Waals surface area contributed by atoms with Gasteiger partial charge in [-0.3, -0.25) is 0 Å². The van der Waals surface area contributed by atoms with Crippen molar-refractivity contribution in [3.05, 3.63) is 83.4 Å². The molecule has 9 heteroatoms. The van der Waals surface area contributed by atoms with Crippen molar-refractivity contribution < 1.29 is 26.3 Å². The highest BCUT2D eigenvalue weighted by Crippen LogP contribution is 2.51. The summed E-state index contributed by atoms with van der Waals surface area (Å²) < 4.78 is 68.6. The molecule has 1 heterocycles. The van der Waals surface area contributed by atoms with Crippen molar-refractivity contribution in [2.75, 3.05) is 0 Å². The summed E-state index contributed by atoms with van der Waals surface area (Å²) in [6.45, 7) is 0. The Kier molecular flexibility index (Phi) is 5.29. The molecule has 4 nitrogen and oxygen atoms in total. The zero-order valence-electron chi connectivity index (χ0n) is 15.4. The molecular formula is C21H16F3NO3S2. The van der Waals surface area contributed by atoms with Crippen LogP contribution in [0.15, 0.2) is 71.6 Å². The number of nitrogens with two attached hydrogens (primary N) is 1. The summed E-state index contributed by atoms with van der Waals surface area (Å²) in [5.74, 6) is -0.0436. The quantitative estimate of drug-likeness (QED) is 0.551. The Morgan fingerprint density at radius 1 is 1.00 bits per heavy atom. The molecule has 1 aliphatic heterocycles. The van der Waals surface area contributed by atoms with Crippen LogP contribution in [0.5, 0.6) is 5.75 Å². The van der Waals surface area contributed by atoms with Crippen LogP contribution in [0.2, 0.25) is 0 Å². The normalized spacial score (nSPS) is 15.8. The average molecular weight is 451 g/mol. The average Bonchev–Trinajstić information content (AvgIpc) is 2.65. The van der Waals surface area contributed by atoms with Crippen LogP contribution >= 0.6 is 11.8 Å². The first-order chi connectivity index (χ1) is 14.1. The number of rotatable bonds is 4. The smallest absolute Gasteiger partial charge is 0.446 e. The van der Waals surface area contributed by atoms with Gasteiger partial charge in [0, 0.05) is 16.0 Å². The summed E-state index contributed by atoms with van der Waals surface area (Å²) in [5.41, 5.74) is -1.74. The fourth-order valence-electron chi connectivity index (χ4n) is 3.53. The van der Waals surface area contributed by atoms with Crippen molar-refractivity contribution in [3.8, 4) is 16.9 Å². The highest BCUT2D eigenvalue weighted by molar-refractivity contribution is 8.00. The fraction of sp³-hybridized carbons (Fsp3) is 0.143. The number of alkyl halides is 3. The van der Waals surface area contributed by atoms with E-state index in [0.29, 0.717) is 28.0 Å². The molecule has 0 saturated heterocycles. The number of ether oxygens (including phenoxy) is 1. The first-order valence-electron chi connectivity index (χ1n) is 8.85. The molecule has 2 N–H and O–H groups in total. The van der Waals surface area contributed by atoms with Crippen LogP contribution in [-0.4, -0.2) is 13.9 Å². The Morgan fingerprint density at radius 3 is 2.40 bits per heavy atom. The maximum Gasteiger partial charge on any atom is 0.446 e. The Morgan fingerprint density at radius 2 is 1.73 bits per heavy atom. The van der Waals surface area contributed by atoms with Crippen molar-refractivity contribution in [1.82, 2.24) is 0 Å². The third-order valence-electron chi connectivity index (χ3n) is 4.60. The molecule has 4 rings (SSSR count). The molecule has 3 aromatic carbocycles. The van der Waals surface area contributed by atoms with Crippen LogP contribution in [0.25, 0.3) is 11.1 Å². The first-order valence-corrected chi connectivity index (χ1v) is 11.4. The van der Waals surface area contributed by atoms with E-state index in [1.165, 1.54) is 12.1 Å². The third-order valence-corrected chi connectivity index (χ3v) is 6.12. The number of sulfonamides is 1. The van der Waals surface area contributed by atoms with Gasteiger partial charge in [0.15, 0.2) is 0 Å². The number of hydrogen-bond donors (Lipinski definition) is 1. The largest absolute Gasteiger partial charge is 0.480 e. The van der Waals surface area contributed by atoms with Crippen molar-refractivity contribution in [3.63, 3.8) is 0 Å². The molecule has 0 bridgehead atoms. The summed E-state index contributed by atoms with van der Waals surface area (Å²) in [7, 11) is -3.77. The minimum atomic E-state index is -4.46. The summed E-state index contributed by atoms with van der Waals surface area (Å²) in [4.78, 5) is 0.0203. The number of halogens is 3. The summed E-state index contributed by atoms with van der Waals surface area (Å²) in [6, 6.07) is 18.6. The molecule has 0 spiro atoms. The van der Waals surface area contributed by atoms with E-state index in [0.717, 1.165) is 5.56 Å². The van der Waals surface area contributed by atoms with Gasteiger partial charge in [-0.15, -0.1) is 0 Å². The minimum absolute atomic E-state index is 0.0203. The molecule has 0 radical (unpaired) electrons. The van der Waals surface area contributed by atoms with Crippen molar-refractivity contribution in [1.29, 1.82) is 0 Å². The highest BCUT2D eigenvalue weighted by Gasteiger charge is 2.35. The highest BCUT2D eigenvalue weighted by atomic mass is 32.2. The SMILES string of the molecule is NS(=O)(=O)Cc1ccc2c(c1)C(c1ccccc1)Oc1cccc(SC(F)(F)F)c1-2. The monoisotopic (exact) mass is 451 g/mol. The second-order valence-electron chi connectivity index (χ2n) is 6.81. The molecule has 156 valence electrons. The lowest BCUT2D eigenvalue weighted by molar-refractivity contribution is -0.0328. The number of hydrogen-bond acceptors (Lipinski definition) is 4. The summed E-state index contributed by atoms with van der Waals surface area (Å²) in [5, 5.41) is 5.17. The Bertz CT molecular complexity index is 1200. The zero-order valence-corrected chi connectivity index (χ0v) is 17.0. The minimum Gasteiger partial charge on any atom is -0.480 e. The molecular weight excluding hydrogens is 435 g/mol. The summed E-state index contributed by atoms with van der Waals surface area (Å²) >= 11 is -0.206. The van der Waals surface area contributed by atoms with E-state index in [1.807, 2.05) is 30.3 Å². The van der Waals surface area contributed by atoms with Gasteiger partial charge in [0.05, 0.1) is 5.75 Å². The van der Waals surface area contributed by atoms with Gasteiger partial charge in [0.25, 0.3) is 0 Å². The number of thioether (sulfide) groups is 1. The van der Waals surface area contributed by atoms with E-state index in [1.54, 1.807) is 24.3 Å². The van der Waals surface area contributed by atoms with Crippen LogP contribution in [0.3, 0.4) is 0 Å². The molecule has 3 aromatic rings. The van der Waals surface area contributed by atoms with Gasteiger partial charge in [-0.25, -0.2) is 13.6 Å². The predicted molar refractivity (Wildman–Crippen MR) is 110 cm³/mol. The van der Waals surface area contributed by atoms with Crippen molar-refractivity contribution >= 4 is 21.8 Å². The zero-order chi connectivity index (χ0) is 21.5. The Balaban J connectivity index is 1.91. The van der Waals surface area contributed by atoms with Gasteiger partial charge in [-0.05, 0) is 40.6 Å². The molecule has 1 aliphatic rings. The molecule has 1 unspecified atom stereocenters. The van der Waals surface area contributed by atoms with Gasteiger partial charge in [-0.1, -0.05) is 54.6 Å². The molecule has 30 heavy (non-hydrogen) atoms. The van der Waals surface area contributed by atoms with Crippen LogP contribution in [-0.2, 0) is 15.8 Å². The van der Waals surface area contributed by atoms with E-state index in [-0.39, 0.29) is 22.4 Å². The molecule has 0 aliphatic carbocycles. The first kappa shape index (κ1) is 20.8. The standard InChI is InChI=1S/C21H16F3NO3S2/c22-21(23,24)29-18-8-4-7-17-19(18)15-10-9-13(12-30(25,26)27)11-16(15)20(28-17)14-5-2-1-3-6-14/h1-11,20H,12H2,(H2,25,26,27). The lowest BCUT2D eigenvalue weighted by atomic mass is 9.88. The maximum atomic E-state index is 13.1. The Hall–Kier alpha value is -2.49. The van der Waals surface area contributed by atoms with Crippen LogP contribution in [0.4, 0.5) is 13.2 Å². The second kappa shape index (κ2) is 7.64. The number of fused-ring (bicyclic) bond motifs is 3. The third kappa shape index (κ3) is 4.48. The summed E-state index contributed by atoms with van der Waals surface area (Å²) in [6.07, 6.45) is -0.597. The molecule has 1 atom stereocenters. The molecule has 0 aromatic heterocycles. The van der Waals surface area contributed by atoms with Gasteiger partial charge < -0.3 is 4.74 Å². The lowest BCUT2D eigenvalue weighted by Crippen LogP contribution is -2.18. The number of benzene rings is 3. The second-order valence-corrected chi connectivity index (χ2v) is 9.54. The molecule has 0 fully saturated rings. The van der Waals surface area contributed by atoms with Crippen LogP contribution in [0, 0.1) is 0 Å². The molecule has 0 amide bonds. The number of primary sulfonamides is 1. The van der Waals surface area contributed by atoms with E-state index >= 15 is 0 Å². The van der Waals surface area contributed by atoms with E-state index < -0.39 is 21.6 Å². The van der Waals surface area contributed by atoms with Gasteiger partial charge in [0.1, 0.15) is 11.9 Å². The molecule has 0 saturated carbocycles. The van der Waals surface area contributed by atoms with Crippen LogP contribution < -0.4 is 9.88 Å². The lowest BCUT2D eigenvalue weighted by Gasteiger charge is -2.31.